The van der Waals surface area contributed by atoms with Crippen molar-refractivity contribution in [2.24, 2.45) is 0 Å². The second kappa shape index (κ2) is 6.53. The lowest BCUT2D eigenvalue weighted by molar-refractivity contribution is -0.117. The van der Waals surface area contributed by atoms with Crippen LogP contribution in [-0.2, 0) is 4.79 Å². The van der Waals surface area contributed by atoms with E-state index in [-0.39, 0.29) is 11.7 Å². The molecule has 0 radical (unpaired) electrons. The molecule has 0 atom stereocenters. The van der Waals surface area contributed by atoms with Gasteiger partial charge in [-0.05, 0) is 44.6 Å². The summed E-state index contributed by atoms with van der Waals surface area (Å²) in [6.45, 7) is 4.70. The van der Waals surface area contributed by atoms with Gasteiger partial charge in [0.2, 0.25) is 5.91 Å². The van der Waals surface area contributed by atoms with Crippen molar-refractivity contribution in [1.29, 1.82) is 0 Å². The number of imidazole rings is 1. The predicted octanol–water partition coefficient (Wildman–Crippen LogP) is 4.04. The monoisotopic (exact) mass is 365 g/mol. The van der Waals surface area contributed by atoms with Gasteiger partial charge in [0.15, 0.2) is 10.7 Å². The molecule has 0 N–H and O–H groups in total. The van der Waals surface area contributed by atoms with Crippen molar-refractivity contribution in [2.45, 2.75) is 26.7 Å². The Labute approximate surface area is 155 Å². The normalized spacial score (nSPS) is 14.8. The Morgan fingerprint density at radius 2 is 2.15 bits per heavy atom. The van der Waals surface area contributed by atoms with E-state index >= 15 is 0 Å². The van der Waals surface area contributed by atoms with Gasteiger partial charge in [-0.1, -0.05) is 12.1 Å². The number of nitrogens with zero attached hydrogens (tertiary/aromatic N) is 3. The molecule has 1 aliphatic heterocycles. The molecule has 3 heterocycles. The van der Waals surface area contributed by atoms with Crippen LogP contribution in [0.5, 0.6) is 0 Å². The number of ketones is 1. The molecule has 6 heteroatoms. The Morgan fingerprint density at radius 3 is 2.92 bits per heavy atom. The number of anilines is 1. The second-order valence-corrected chi connectivity index (χ2v) is 7.69. The SMILES string of the molecule is Cc1cn2c(C=CC(=O)c3cccc(N4CCCC4=O)c3)c(C)nc2s1. The average molecular weight is 365 g/mol. The summed E-state index contributed by atoms with van der Waals surface area (Å²) in [5, 5.41) is 0. The molecule has 1 aliphatic rings. The molecule has 0 bridgehead atoms. The zero-order chi connectivity index (χ0) is 18.3. The smallest absolute Gasteiger partial charge is 0.227 e. The number of benzene rings is 1. The summed E-state index contributed by atoms with van der Waals surface area (Å²) in [7, 11) is 0. The van der Waals surface area contributed by atoms with Gasteiger partial charge in [-0.15, -0.1) is 11.3 Å². The minimum Gasteiger partial charge on any atom is -0.312 e. The van der Waals surface area contributed by atoms with Crippen molar-refractivity contribution in [2.75, 3.05) is 11.4 Å². The fourth-order valence-electron chi connectivity index (χ4n) is 3.28. The van der Waals surface area contributed by atoms with Gasteiger partial charge in [0.05, 0.1) is 11.4 Å². The fraction of sp³-hybridized carbons (Fsp3) is 0.250. The van der Waals surface area contributed by atoms with Crippen LogP contribution < -0.4 is 4.90 Å². The van der Waals surface area contributed by atoms with Crippen molar-refractivity contribution >= 4 is 39.8 Å². The third-order valence-electron chi connectivity index (χ3n) is 4.57. The Balaban J connectivity index is 1.60. The molecule has 3 aromatic rings. The van der Waals surface area contributed by atoms with Crippen LogP contribution in [0.2, 0.25) is 0 Å². The quantitative estimate of drug-likeness (QED) is 0.518. The maximum Gasteiger partial charge on any atom is 0.227 e. The Morgan fingerprint density at radius 1 is 1.31 bits per heavy atom. The van der Waals surface area contributed by atoms with Gasteiger partial charge in [0.25, 0.3) is 0 Å². The third kappa shape index (κ3) is 2.97. The molecule has 0 unspecified atom stereocenters. The Hall–Kier alpha value is -2.73. The largest absolute Gasteiger partial charge is 0.312 e. The number of hydrogen-bond donors (Lipinski definition) is 0. The number of aryl methyl sites for hydroxylation is 2. The van der Waals surface area contributed by atoms with Gasteiger partial charge in [-0.25, -0.2) is 4.98 Å². The minimum atomic E-state index is -0.0835. The van der Waals surface area contributed by atoms with Crippen LogP contribution in [0.25, 0.3) is 11.0 Å². The molecule has 1 saturated heterocycles. The topological polar surface area (TPSA) is 54.7 Å². The van der Waals surface area contributed by atoms with Crippen LogP contribution in [0, 0.1) is 13.8 Å². The molecule has 4 rings (SSSR count). The van der Waals surface area contributed by atoms with E-state index in [2.05, 4.69) is 4.98 Å². The molecule has 1 aromatic carbocycles. The standard InChI is InChI=1S/C20H19N3O2S/c1-13-12-23-17(14(2)21-20(23)26-13)8-9-18(24)15-5-3-6-16(11-15)22-10-4-7-19(22)25/h3,5-6,8-9,11-12H,4,7,10H2,1-2H3. The van der Waals surface area contributed by atoms with Crippen LogP contribution >= 0.6 is 11.3 Å². The molecular weight excluding hydrogens is 346 g/mol. The van der Waals surface area contributed by atoms with Gasteiger partial charge < -0.3 is 4.90 Å². The summed E-state index contributed by atoms with van der Waals surface area (Å²) in [6, 6.07) is 7.28. The highest BCUT2D eigenvalue weighted by Gasteiger charge is 2.22. The molecule has 1 amide bonds. The number of allylic oxidation sites excluding steroid dienone is 1. The molecule has 0 aliphatic carbocycles. The van der Waals surface area contributed by atoms with Gasteiger partial charge in [0, 0.05) is 35.3 Å². The van der Waals surface area contributed by atoms with Gasteiger partial charge in [-0.3, -0.25) is 14.0 Å². The van der Waals surface area contributed by atoms with Crippen LogP contribution in [0.15, 0.2) is 36.5 Å². The zero-order valence-corrected chi connectivity index (χ0v) is 15.5. The third-order valence-corrected chi connectivity index (χ3v) is 5.47. The average Bonchev–Trinajstić information content (AvgIpc) is 3.27. The summed E-state index contributed by atoms with van der Waals surface area (Å²) in [5.74, 6) is 0.0371. The maximum absolute atomic E-state index is 12.6. The summed E-state index contributed by atoms with van der Waals surface area (Å²) < 4.78 is 2.01. The number of amides is 1. The molecule has 5 nitrogen and oxygen atoms in total. The summed E-state index contributed by atoms with van der Waals surface area (Å²) in [4.78, 5) is 32.9. The Kier molecular flexibility index (Phi) is 4.20. The first kappa shape index (κ1) is 16.7. The second-order valence-electron chi connectivity index (χ2n) is 6.47. The molecule has 132 valence electrons. The Bertz CT molecular complexity index is 1040. The number of rotatable bonds is 4. The number of carbonyl (C=O) groups excluding carboxylic acids is 2. The number of thiazole rings is 1. The van der Waals surface area contributed by atoms with E-state index in [0.717, 1.165) is 35.0 Å². The highest BCUT2D eigenvalue weighted by atomic mass is 32.1. The summed E-state index contributed by atoms with van der Waals surface area (Å²) >= 11 is 1.63. The molecule has 0 saturated carbocycles. The van der Waals surface area contributed by atoms with E-state index in [4.69, 9.17) is 0 Å². The number of aromatic nitrogens is 2. The van der Waals surface area contributed by atoms with E-state index in [1.54, 1.807) is 34.4 Å². The lowest BCUT2D eigenvalue weighted by atomic mass is 10.1. The van der Waals surface area contributed by atoms with Crippen LogP contribution in [0.4, 0.5) is 5.69 Å². The highest BCUT2D eigenvalue weighted by molar-refractivity contribution is 7.17. The zero-order valence-electron chi connectivity index (χ0n) is 14.7. The first-order valence-electron chi connectivity index (χ1n) is 8.61. The molecule has 26 heavy (non-hydrogen) atoms. The van der Waals surface area contributed by atoms with E-state index in [9.17, 15) is 9.59 Å². The summed E-state index contributed by atoms with van der Waals surface area (Å²) in [6.07, 6.45) is 6.87. The van der Waals surface area contributed by atoms with Crippen molar-refractivity contribution in [3.63, 3.8) is 0 Å². The summed E-state index contributed by atoms with van der Waals surface area (Å²) in [5.41, 5.74) is 3.20. The fourth-order valence-corrected chi connectivity index (χ4v) is 4.16. The molecule has 0 spiro atoms. The molecule has 2 aromatic heterocycles. The lowest BCUT2D eigenvalue weighted by Gasteiger charge is -2.16. The van der Waals surface area contributed by atoms with Crippen LogP contribution in [0.3, 0.4) is 0 Å². The van der Waals surface area contributed by atoms with E-state index in [1.165, 1.54) is 4.88 Å². The van der Waals surface area contributed by atoms with Gasteiger partial charge >= 0.3 is 0 Å². The van der Waals surface area contributed by atoms with E-state index < -0.39 is 0 Å². The van der Waals surface area contributed by atoms with Crippen LogP contribution in [0.1, 0.15) is 39.5 Å². The molecular formula is C20H19N3O2S. The minimum absolute atomic E-state index is 0.0835. The van der Waals surface area contributed by atoms with Crippen molar-refractivity contribution in [1.82, 2.24) is 9.38 Å². The van der Waals surface area contributed by atoms with Crippen molar-refractivity contribution < 1.29 is 9.59 Å². The highest BCUT2D eigenvalue weighted by Crippen LogP contribution is 2.24. The number of carbonyl (C=O) groups is 2. The van der Waals surface area contributed by atoms with Crippen molar-refractivity contribution in [3.05, 3.63) is 58.4 Å². The lowest BCUT2D eigenvalue weighted by Crippen LogP contribution is -2.23. The van der Waals surface area contributed by atoms with Crippen molar-refractivity contribution in [3.8, 4) is 0 Å². The number of hydrogen-bond acceptors (Lipinski definition) is 4. The first-order valence-corrected chi connectivity index (χ1v) is 9.42. The number of fused-ring (bicyclic) bond motifs is 1. The van der Waals surface area contributed by atoms with Crippen LogP contribution in [-0.4, -0.2) is 27.6 Å². The van der Waals surface area contributed by atoms with E-state index in [0.29, 0.717) is 12.0 Å². The van der Waals surface area contributed by atoms with Gasteiger partial charge in [0.1, 0.15) is 0 Å². The molecule has 1 fully saturated rings. The predicted molar refractivity (Wildman–Crippen MR) is 104 cm³/mol. The van der Waals surface area contributed by atoms with Gasteiger partial charge in [-0.2, -0.15) is 0 Å². The maximum atomic E-state index is 12.6. The first-order chi connectivity index (χ1) is 12.5. The van der Waals surface area contributed by atoms with E-state index in [1.807, 2.05) is 42.7 Å².